The Morgan fingerprint density at radius 2 is 2.30 bits per heavy atom. The molecule has 6 heteroatoms. The number of aliphatic hydroxyl groups excluding tert-OH is 1. The molecule has 0 aliphatic rings. The minimum Gasteiger partial charge on any atom is -0.396 e. The van der Waals surface area contributed by atoms with Crippen LogP contribution in [0.3, 0.4) is 0 Å². The van der Waals surface area contributed by atoms with E-state index >= 15 is 0 Å². The van der Waals surface area contributed by atoms with Crippen molar-refractivity contribution in [1.82, 2.24) is 20.0 Å². The molecule has 2 N–H and O–H groups in total. The van der Waals surface area contributed by atoms with Gasteiger partial charge in [0, 0.05) is 38.0 Å². The molecule has 1 heterocycles. The van der Waals surface area contributed by atoms with E-state index in [1.807, 2.05) is 31.6 Å². The van der Waals surface area contributed by atoms with Gasteiger partial charge in [-0.25, -0.2) is 4.79 Å². The molecule has 1 atom stereocenters. The quantitative estimate of drug-likeness (QED) is 0.758. The Balaban J connectivity index is 2.42. The van der Waals surface area contributed by atoms with Crippen molar-refractivity contribution in [2.75, 3.05) is 19.7 Å². The van der Waals surface area contributed by atoms with Gasteiger partial charge in [0.1, 0.15) is 0 Å². The van der Waals surface area contributed by atoms with Gasteiger partial charge in [0.15, 0.2) is 0 Å². The number of carbonyl (C=O) groups is 1. The zero-order valence-corrected chi connectivity index (χ0v) is 12.7. The number of aliphatic hydroxyl groups is 1. The summed E-state index contributed by atoms with van der Waals surface area (Å²) < 4.78 is 1.85. The lowest BCUT2D eigenvalue weighted by Crippen LogP contribution is -2.40. The van der Waals surface area contributed by atoms with Gasteiger partial charge in [0.2, 0.25) is 0 Å². The first-order valence-electron chi connectivity index (χ1n) is 7.25. The highest BCUT2D eigenvalue weighted by molar-refractivity contribution is 5.74. The molecular formula is C14H26N4O2. The predicted octanol–water partition coefficient (Wildman–Crippen LogP) is 1.45. The Bertz CT molecular complexity index is 406. The zero-order chi connectivity index (χ0) is 15.0. The smallest absolute Gasteiger partial charge is 0.317 e. The number of amides is 2. The van der Waals surface area contributed by atoms with E-state index in [4.69, 9.17) is 5.11 Å². The Morgan fingerprint density at radius 3 is 2.85 bits per heavy atom. The monoisotopic (exact) mass is 282 g/mol. The molecule has 0 saturated heterocycles. The van der Waals surface area contributed by atoms with Gasteiger partial charge in [-0.15, -0.1) is 0 Å². The van der Waals surface area contributed by atoms with Crippen LogP contribution in [0.5, 0.6) is 0 Å². The van der Waals surface area contributed by atoms with Crippen LogP contribution >= 0.6 is 0 Å². The molecule has 0 aliphatic heterocycles. The lowest BCUT2D eigenvalue weighted by atomic mass is 10.1. The summed E-state index contributed by atoms with van der Waals surface area (Å²) in [6, 6.07) is -0.0677. The second kappa shape index (κ2) is 8.58. The maximum atomic E-state index is 12.0. The number of rotatable bonds is 8. The van der Waals surface area contributed by atoms with E-state index in [0.717, 1.165) is 18.5 Å². The number of nitrogens with zero attached hydrogens (tertiary/aromatic N) is 3. The third kappa shape index (κ3) is 5.21. The van der Waals surface area contributed by atoms with Crippen molar-refractivity contribution in [3.8, 4) is 0 Å². The average Bonchev–Trinajstić information content (AvgIpc) is 2.91. The van der Waals surface area contributed by atoms with E-state index in [0.29, 0.717) is 19.6 Å². The van der Waals surface area contributed by atoms with Gasteiger partial charge in [0.25, 0.3) is 0 Å². The van der Waals surface area contributed by atoms with E-state index in [1.165, 1.54) is 0 Å². The number of carbonyl (C=O) groups excluding carboxylic acids is 1. The van der Waals surface area contributed by atoms with E-state index < -0.39 is 0 Å². The molecule has 0 unspecified atom stereocenters. The first-order valence-corrected chi connectivity index (χ1v) is 7.25. The van der Waals surface area contributed by atoms with Crippen molar-refractivity contribution in [1.29, 1.82) is 0 Å². The third-order valence-electron chi connectivity index (χ3n) is 3.28. The van der Waals surface area contributed by atoms with Crippen molar-refractivity contribution >= 4 is 6.03 Å². The van der Waals surface area contributed by atoms with Gasteiger partial charge in [0.05, 0.1) is 12.7 Å². The number of hydrogen-bond donors (Lipinski definition) is 2. The summed E-state index contributed by atoms with van der Waals surface area (Å²) in [5.41, 5.74) is 1.03. The van der Waals surface area contributed by atoms with Crippen LogP contribution in [0.4, 0.5) is 4.79 Å². The molecule has 0 saturated carbocycles. The summed E-state index contributed by atoms with van der Waals surface area (Å²) in [5.74, 6) is 0.216. The van der Waals surface area contributed by atoms with Crippen LogP contribution in [0.25, 0.3) is 0 Å². The molecule has 0 radical (unpaired) electrons. The number of nitrogens with one attached hydrogen (secondary N) is 1. The summed E-state index contributed by atoms with van der Waals surface area (Å²) in [5, 5.41) is 16.0. The largest absolute Gasteiger partial charge is 0.396 e. The molecular weight excluding hydrogens is 256 g/mol. The van der Waals surface area contributed by atoms with Gasteiger partial charge >= 0.3 is 6.03 Å². The van der Waals surface area contributed by atoms with E-state index in [9.17, 15) is 4.79 Å². The molecule has 2 amide bonds. The Hall–Kier alpha value is -1.56. The van der Waals surface area contributed by atoms with E-state index in [-0.39, 0.29) is 18.6 Å². The normalized spacial score (nSPS) is 12.2. The maximum Gasteiger partial charge on any atom is 0.317 e. The number of aromatic nitrogens is 2. The van der Waals surface area contributed by atoms with Crippen LogP contribution in [-0.4, -0.2) is 45.5 Å². The van der Waals surface area contributed by atoms with Gasteiger partial charge in [-0.05, 0) is 26.2 Å². The highest BCUT2D eigenvalue weighted by atomic mass is 16.3. The average molecular weight is 282 g/mol. The molecule has 0 spiro atoms. The standard InChI is InChI=1S/C14H26N4O2/c1-4-17(9-13-8-16-18(5-2)10-13)14(20)15-7-6-12(3)11-19/h8,10,12,19H,4-7,9,11H2,1-3H3,(H,15,20)/t12-/m1/s1. The van der Waals surface area contributed by atoms with Crippen molar-refractivity contribution in [2.24, 2.45) is 5.92 Å². The molecule has 20 heavy (non-hydrogen) atoms. The van der Waals surface area contributed by atoms with Crippen molar-refractivity contribution in [3.63, 3.8) is 0 Å². The van der Waals surface area contributed by atoms with Crippen LogP contribution in [-0.2, 0) is 13.1 Å². The first-order chi connectivity index (χ1) is 9.60. The summed E-state index contributed by atoms with van der Waals surface area (Å²) in [7, 11) is 0. The van der Waals surface area contributed by atoms with Crippen molar-refractivity contribution in [2.45, 2.75) is 40.3 Å². The SMILES string of the molecule is CCN(Cc1cnn(CC)c1)C(=O)NCC[C@@H](C)CO. The minimum absolute atomic E-state index is 0.0677. The summed E-state index contributed by atoms with van der Waals surface area (Å²) in [6.45, 7) is 8.75. The Labute approximate surface area is 120 Å². The van der Waals surface area contributed by atoms with E-state index in [1.54, 1.807) is 11.1 Å². The fourth-order valence-electron chi connectivity index (χ4n) is 1.84. The molecule has 0 fully saturated rings. The fourth-order valence-corrected chi connectivity index (χ4v) is 1.84. The molecule has 1 aromatic rings. The summed E-state index contributed by atoms with van der Waals surface area (Å²) in [4.78, 5) is 13.8. The fraction of sp³-hybridized carbons (Fsp3) is 0.714. The second-order valence-corrected chi connectivity index (χ2v) is 5.03. The molecule has 0 bridgehead atoms. The molecule has 0 aromatic carbocycles. The Kier molecular flexibility index (Phi) is 7.08. The van der Waals surface area contributed by atoms with Gasteiger partial charge in [-0.2, -0.15) is 5.10 Å². The van der Waals surface area contributed by atoms with Crippen LogP contribution in [0, 0.1) is 5.92 Å². The number of hydrogen-bond acceptors (Lipinski definition) is 3. The first kappa shape index (κ1) is 16.5. The zero-order valence-electron chi connectivity index (χ0n) is 12.7. The van der Waals surface area contributed by atoms with Gasteiger partial charge in [-0.3, -0.25) is 4.68 Å². The molecule has 114 valence electrons. The number of aryl methyl sites for hydroxylation is 1. The van der Waals surface area contributed by atoms with E-state index in [2.05, 4.69) is 10.4 Å². The maximum absolute atomic E-state index is 12.0. The highest BCUT2D eigenvalue weighted by Gasteiger charge is 2.12. The molecule has 1 rings (SSSR count). The van der Waals surface area contributed by atoms with Gasteiger partial charge < -0.3 is 15.3 Å². The Morgan fingerprint density at radius 1 is 1.55 bits per heavy atom. The minimum atomic E-state index is -0.0677. The lowest BCUT2D eigenvalue weighted by molar-refractivity contribution is 0.194. The molecule has 6 nitrogen and oxygen atoms in total. The van der Waals surface area contributed by atoms with Crippen LogP contribution in [0.2, 0.25) is 0 Å². The van der Waals surface area contributed by atoms with Crippen molar-refractivity contribution in [3.05, 3.63) is 18.0 Å². The highest BCUT2D eigenvalue weighted by Crippen LogP contribution is 2.04. The molecule has 0 aliphatic carbocycles. The van der Waals surface area contributed by atoms with Crippen molar-refractivity contribution < 1.29 is 9.90 Å². The van der Waals surface area contributed by atoms with Crippen LogP contribution in [0.1, 0.15) is 32.8 Å². The predicted molar refractivity (Wildman–Crippen MR) is 78.3 cm³/mol. The van der Waals surface area contributed by atoms with Crippen LogP contribution < -0.4 is 5.32 Å². The summed E-state index contributed by atoms with van der Waals surface area (Å²) in [6.07, 6.45) is 4.55. The second-order valence-electron chi connectivity index (χ2n) is 5.03. The topological polar surface area (TPSA) is 70.4 Å². The third-order valence-corrected chi connectivity index (χ3v) is 3.28. The lowest BCUT2D eigenvalue weighted by Gasteiger charge is -2.21. The molecule has 1 aromatic heterocycles. The number of urea groups is 1. The van der Waals surface area contributed by atoms with Gasteiger partial charge in [-0.1, -0.05) is 6.92 Å². The summed E-state index contributed by atoms with van der Waals surface area (Å²) >= 11 is 0. The van der Waals surface area contributed by atoms with Crippen LogP contribution in [0.15, 0.2) is 12.4 Å².